The van der Waals surface area contributed by atoms with Crippen LogP contribution in [-0.4, -0.2) is 184 Å². The fourth-order valence-corrected chi connectivity index (χ4v) is 14.9. The average molecular weight is 1390 g/mol. The maximum atomic E-state index is 16.0. The number of nitrogens with one attached hydrogen (secondary N) is 5. The Morgan fingerprint density at radius 1 is 0.750 bits per heavy atom. The first-order valence-electron chi connectivity index (χ1n) is 34.1. The highest BCUT2D eigenvalue weighted by atomic mass is 16.6. The quantitative estimate of drug-likeness (QED) is 0.0233. The Morgan fingerprint density at radius 3 is 1.94 bits per heavy atom. The SMILES string of the molecule is CC(=O)N[C@H](C(=O)N[C@@H](CC(C)C)C(=O)N[C@@H](CCCCN)C(=O)NCC(=O)N1CCC[C@@H]1C(=O)O[C@@H](C(=O)O[C@H]1C[C@@]2(O)[C@@H](OC(=O)c3ccccc3)C3[C@]4(OC(C)=O)COC4C[C@H](O)[C@@]3(C)C(=O)[C@H](OC(C)=O)C(=C1C)C2(C)C)[C@@H](NC(=O)c1ccccc1)c1ccccc1)C(C)C. The van der Waals surface area contributed by atoms with Crippen LogP contribution < -0.4 is 32.3 Å². The van der Waals surface area contributed by atoms with E-state index < -0.39 is 185 Å². The summed E-state index contributed by atoms with van der Waals surface area (Å²) in [5.74, 6) is -12.5. The molecule has 27 nitrogen and oxygen atoms in total. The van der Waals surface area contributed by atoms with Crippen molar-refractivity contribution in [1.82, 2.24) is 31.5 Å². The van der Waals surface area contributed by atoms with Crippen LogP contribution in [0.25, 0.3) is 0 Å². The van der Waals surface area contributed by atoms with Crippen molar-refractivity contribution in [3.63, 3.8) is 0 Å². The standard InChI is InChI=1S/C73H95N7O20/c1-39(2)34-49(78-66(90)56(40(3)4)76-42(6)81)65(89)77-48(30-21-22-32-74)64(88)75-37-54(85)80-33-23-31-50(80)68(92)98-59(57(45-24-15-12-16-25-45)79-63(87)46-26-17-13-18-27-46)69(93)97-51-36-73(94)62(99-67(91)47-28-19-14-20-29-47)60-71(11,52(84)35-53-72(60,38-95-53)100-44(8)83)61(86)58(96-43(7)82)55(41(51)5)70(73,9)10/h12-20,24-29,39-40,48-53,56-60,62,84,94H,21-23,30-38,74H2,1-11H3,(H,75,88)(H,76,81)(H,77,89)(H,78,90)(H,79,87)/t48-,49-,50+,51-,52-,53?,56-,57-,58+,59+,60?,62-,71+,72-,73+/m0/s1. The summed E-state index contributed by atoms with van der Waals surface area (Å²) in [5.41, 5.74) is -2.48. The maximum absolute atomic E-state index is 16.0. The molecule has 4 fully saturated rings. The lowest BCUT2D eigenvalue weighted by Crippen LogP contribution is -2.82. The minimum atomic E-state index is -2.59. The van der Waals surface area contributed by atoms with Crippen molar-refractivity contribution in [3.05, 3.63) is 119 Å². The van der Waals surface area contributed by atoms with E-state index in [1.165, 1.54) is 58.9 Å². The Hall–Kier alpha value is -8.92. The van der Waals surface area contributed by atoms with Gasteiger partial charge in [-0.1, -0.05) is 108 Å². The largest absolute Gasteiger partial charge is 0.455 e. The van der Waals surface area contributed by atoms with Crippen LogP contribution in [0.4, 0.5) is 0 Å². The van der Waals surface area contributed by atoms with Gasteiger partial charge >= 0.3 is 29.8 Å². The lowest BCUT2D eigenvalue weighted by Gasteiger charge is -2.67. The molecule has 0 spiro atoms. The zero-order chi connectivity index (χ0) is 73.3. The number of hydrogen-bond acceptors (Lipinski definition) is 21. The van der Waals surface area contributed by atoms with E-state index in [4.69, 9.17) is 34.2 Å². The minimum Gasteiger partial charge on any atom is -0.455 e. The molecule has 6 amide bonds. The topological polar surface area (TPSA) is 390 Å². The van der Waals surface area contributed by atoms with Crippen LogP contribution in [0.5, 0.6) is 0 Å². The van der Waals surface area contributed by atoms with Gasteiger partial charge in [-0.05, 0) is 112 Å². The van der Waals surface area contributed by atoms with Gasteiger partial charge in [0.2, 0.25) is 35.6 Å². The number of Topliss-reactive ketones (excluding diaryl/α,β-unsaturated/α-hetero) is 1. The number of aliphatic hydroxyl groups is 2. The smallest absolute Gasteiger partial charge is 0.350 e. The summed E-state index contributed by atoms with van der Waals surface area (Å²) < 4.78 is 37.5. The van der Waals surface area contributed by atoms with Crippen LogP contribution in [0.3, 0.4) is 0 Å². The Labute approximate surface area is 581 Å². The van der Waals surface area contributed by atoms with Gasteiger partial charge in [-0.3, -0.25) is 43.2 Å². The predicted molar refractivity (Wildman–Crippen MR) is 358 cm³/mol. The number of hydrogen-bond donors (Lipinski definition) is 8. The zero-order valence-corrected chi connectivity index (χ0v) is 58.5. The lowest BCUT2D eigenvalue weighted by atomic mass is 9.44. The first-order chi connectivity index (χ1) is 47.2. The number of carbonyl (C=O) groups is 12. The van der Waals surface area contributed by atoms with E-state index in [1.807, 2.05) is 13.8 Å². The van der Waals surface area contributed by atoms with Crippen molar-refractivity contribution in [3.8, 4) is 0 Å². The molecule has 3 aromatic carbocycles. The summed E-state index contributed by atoms with van der Waals surface area (Å²) >= 11 is 0. The Bertz CT molecular complexity index is 3590. The number of unbranched alkanes of at least 4 members (excludes halogenated alkanes) is 1. The molecule has 3 aromatic rings. The second-order valence-corrected chi connectivity index (χ2v) is 28.2. The molecule has 2 heterocycles. The third kappa shape index (κ3) is 16.3. The molecule has 5 aliphatic rings. The lowest BCUT2D eigenvalue weighted by molar-refractivity contribution is -0.346. The van der Waals surface area contributed by atoms with E-state index in [0.29, 0.717) is 12.8 Å². The van der Waals surface area contributed by atoms with Gasteiger partial charge in [-0.25, -0.2) is 14.4 Å². The molecule has 2 bridgehead atoms. The van der Waals surface area contributed by atoms with Gasteiger partial charge in [-0.2, -0.15) is 0 Å². The molecule has 100 heavy (non-hydrogen) atoms. The van der Waals surface area contributed by atoms with Crippen molar-refractivity contribution in [2.45, 2.75) is 206 Å². The molecule has 0 aromatic heterocycles. The van der Waals surface area contributed by atoms with Gasteiger partial charge in [0, 0.05) is 51.1 Å². The molecule has 0 radical (unpaired) electrons. The number of carbonyl (C=O) groups excluding carboxylic acids is 12. The van der Waals surface area contributed by atoms with E-state index in [2.05, 4.69) is 26.6 Å². The van der Waals surface area contributed by atoms with Crippen molar-refractivity contribution in [2.24, 2.45) is 34.3 Å². The number of amides is 6. The van der Waals surface area contributed by atoms with Crippen LogP contribution >= 0.6 is 0 Å². The number of esters is 5. The van der Waals surface area contributed by atoms with Crippen LogP contribution in [0.2, 0.25) is 0 Å². The van der Waals surface area contributed by atoms with Gasteiger partial charge in [0.05, 0.1) is 36.2 Å². The number of ether oxygens (including phenoxy) is 6. The highest BCUT2D eigenvalue weighted by Gasteiger charge is 2.78. The normalized spacial score (nSPS) is 26.5. The Morgan fingerprint density at radius 2 is 1.37 bits per heavy atom. The summed E-state index contributed by atoms with van der Waals surface area (Å²) in [7, 11) is 0. The molecule has 9 N–H and O–H groups in total. The van der Waals surface area contributed by atoms with Gasteiger partial charge in [-0.15, -0.1) is 0 Å². The van der Waals surface area contributed by atoms with Gasteiger partial charge < -0.3 is 75.9 Å². The van der Waals surface area contributed by atoms with Crippen molar-refractivity contribution >= 4 is 71.1 Å². The summed E-state index contributed by atoms with van der Waals surface area (Å²) in [5, 5.41) is 40.2. The van der Waals surface area contributed by atoms with E-state index in [-0.39, 0.29) is 84.9 Å². The number of rotatable bonds is 27. The molecule has 2 unspecified atom stereocenters. The van der Waals surface area contributed by atoms with Gasteiger partial charge in [0.1, 0.15) is 54.1 Å². The molecule has 3 aliphatic carbocycles. The highest BCUT2D eigenvalue weighted by molar-refractivity contribution is 5.98. The first-order valence-corrected chi connectivity index (χ1v) is 34.1. The van der Waals surface area contributed by atoms with E-state index in [9.17, 15) is 53.4 Å². The number of likely N-dealkylation sites (tertiary alicyclic amines) is 1. The summed E-state index contributed by atoms with van der Waals surface area (Å²) in [6, 6.07) is 17.1. The zero-order valence-electron chi connectivity index (χ0n) is 58.5. The van der Waals surface area contributed by atoms with Crippen LogP contribution in [0.1, 0.15) is 160 Å². The summed E-state index contributed by atoms with van der Waals surface area (Å²) in [4.78, 5) is 173. The second kappa shape index (κ2) is 32.2. The highest BCUT2D eigenvalue weighted by Crippen LogP contribution is 2.64. The fourth-order valence-electron chi connectivity index (χ4n) is 14.9. The number of fused-ring (bicyclic) bond motifs is 5. The molecule has 542 valence electrons. The van der Waals surface area contributed by atoms with Gasteiger partial charge in [0.15, 0.2) is 17.5 Å². The predicted octanol–water partition coefficient (Wildman–Crippen LogP) is 3.70. The maximum Gasteiger partial charge on any atom is 0.350 e. The third-order valence-electron chi connectivity index (χ3n) is 20.2. The van der Waals surface area contributed by atoms with Crippen LogP contribution in [0, 0.1) is 28.6 Å². The van der Waals surface area contributed by atoms with Crippen LogP contribution in [-0.2, 0) is 76.4 Å². The van der Waals surface area contributed by atoms with Gasteiger partial charge in [0.25, 0.3) is 5.91 Å². The molecule has 2 saturated heterocycles. The minimum absolute atomic E-state index is 0.00992. The number of ketones is 1. The number of nitrogens with zero attached hydrogens (tertiary/aromatic N) is 1. The fraction of sp³-hybridized carbons (Fsp3) is 0.562. The number of aliphatic hydroxyl groups excluding tert-OH is 1. The molecule has 15 atom stereocenters. The van der Waals surface area contributed by atoms with Crippen molar-refractivity contribution < 1.29 is 96.2 Å². The Kier molecular flexibility index (Phi) is 24.7. The molecule has 8 rings (SSSR count). The van der Waals surface area contributed by atoms with E-state index >= 15 is 14.4 Å². The number of nitrogens with two attached hydrogens (primary N) is 1. The summed E-state index contributed by atoms with van der Waals surface area (Å²) in [6.45, 7) is 15.5. The number of benzene rings is 3. The van der Waals surface area contributed by atoms with E-state index in [0.717, 1.165) is 18.7 Å². The molecule has 27 heteroatoms. The monoisotopic (exact) mass is 1390 g/mol. The van der Waals surface area contributed by atoms with E-state index in [1.54, 1.807) is 80.6 Å². The average Bonchev–Trinajstić information content (AvgIpc) is 0.722. The summed E-state index contributed by atoms with van der Waals surface area (Å²) in [6.07, 6.45) is -10.4. The molecular formula is C73H95N7O20. The van der Waals surface area contributed by atoms with Crippen molar-refractivity contribution in [1.29, 1.82) is 0 Å². The Balaban J connectivity index is 1.16. The third-order valence-corrected chi connectivity index (χ3v) is 20.2. The van der Waals surface area contributed by atoms with Crippen LogP contribution in [0.15, 0.2) is 102 Å². The second-order valence-electron chi connectivity index (χ2n) is 28.2. The molecule has 2 saturated carbocycles. The first kappa shape index (κ1) is 76.8. The molecule has 2 aliphatic heterocycles. The van der Waals surface area contributed by atoms with Crippen molar-refractivity contribution in [2.75, 3.05) is 26.2 Å². The molecular weight excluding hydrogens is 1290 g/mol.